The summed E-state index contributed by atoms with van der Waals surface area (Å²) in [5.41, 5.74) is 2.62. The molecule has 6 nitrogen and oxygen atoms in total. The van der Waals surface area contributed by atoms with E-state index in [9.17, 15) is 14.7 Å². The molecule has 0 spiro atoms. The number of nitrogens with one attached hydrogen (secondary N) is 1. The number of nitrogens with zero attached hydrogens (tertiary/aromatic N) is 2. The van der Waals surface area contributed by atoms with Gasteiger partial charge in [-0.25, -0.2) is 4.79 Å². The summed E-state index contributed by atoms with van der Waals surface area (Å²) < 4.78 is 0.728. The zero-order valence-electron chi connectivity index (χ0n) is 16.3. The summed E-state index contributed by atoms with van der Waals surface area (Å²) in [7, 11) is 0. The minimum Gasteiger partial charge on any atom is -0.478 e. The van der Waals surface area contributed by atoms with Crippen molar-refractivity contribution in [2.24, 2.45) is 0 Å². The Bertz CT molecular complexity index is 1020. The number of carboxylic acids is 1. The van der Waals surface area contributed by atoms with Gasteiger partial charge in [-0.05, 0) is 28.7 Å². The van der Waals surface area contributed by atoms with Gasteiger partial charge in [0.05, 0.1) is 11.1 Å². The highest BCUT2D eigenvalue weighted by Gasteiger charge is 2.17. The number of carbonyl (C=O) groups is 2. The minimum atomic E-state index is -1.15. The molecule has 1 amide bonds. The van der Waals surface area contributed by atoms with E-state index in [1.54, 1.807) is 12.1 Å². The van der Waals surface area contributed by atoms with E-state index in [4.69, 9.17) is 0 Å². The van der Waals surface area contributed by atoms with Crippen molar-refractivity contribution in [3.8, 4) is 0 Å². The quantitative estimate of drug-likeness (QED) is 0.421. The first-order valence-corrected chi connectivity index (χ1v) is 10.7. The second-order valence-corrected chi connectivity index (χ2v) is 9.61. The Morgan fingerprint density at radius 1 is 1.03 bits per heavy atom. The van der Waals surface area contributed by atoms with Crippen LogP contribution in [0.1, 0.15) is 52.6 Å². The Morgan fingerprint density at radius 2 is 1.69 bits per heavy atom. The molecule has 0 aliphatic heterocycles. The van der Waals surface area contributed by atoms with Crippen LogP contribution in [0.25, 0.3) is 0 Å². The predicted octanol–water partition coefficient (Wildman–Crippen LogP) is 5.08. The Kier molecular flexibility index (Phi) is 6.34. The molecule has 1 heterocycles. The summed E-state index contributed by atoms with van der Waals surface area (Å²) in [5.74, 6) is -0.926. The van der Waals surface area contributed by atoms with Gasteiger partial charge in [-0.3, -0.25) is 10.1 Å². The lowest BCUT2D eigenvalue weighted by Gasteiger charge is -2.19. The van der Waals surface area contributed by atoms with Crippen LogP contribution in [-0.2, 0) is 11.2 Å². The molecule has 0 aliphatic rings. The Hall–Kier alpha value is -2.71. The number of amides is 1. The number of hydrogen-bond acceptors (Lipinski definition) is 6. The van der Waals surface area contributed by atoms with Gasteiger partial charge in [0.1, 0.15) is 0 Å². The van der Waals surface area contributed by atoms with Gasteiger partial charge in [-0.2, -0.15) is 0 Å². The fraction of sp³-hybridized carbons (Fsp3) is 0.238. The van der Waals surface area contributed by atoms with Crippen LogP contribution in [0.2, 0.25) is 0 Å². The average Bonchev–Trinajstić information content (AvgIpc) is 3.13. The molecule has 0 fully saturated rings. The average molecular weight is 428 g/mol. The van der Waals surface area contributed by atoms with E-state index in [1.807, 2.05) is 0 Å². The van der Waals surface area contributed by atoms with E-state index in [2.05, 4.69) is 60.6 Å². The summed E-state index contributed by atoms with van der Waals surface area (Å²) in [5, 5.41) is 20.3. The number of carboxylic acid groups (broad SMARTS) is 1. The summed E-state index contributed by atoms with van der Waals surface area (Å²) in [6.45, 7) is 6.55. The van der Waals surface area contributed by atoms with Crippen LogP contribution in [-0.4, -0.2) is 27.2 Å². The molecule has 0 bridgehead atoms. The molecule has 2 N–H and O–H groups in total. The van der Waals surface area contributed by atoms with Crippen molar-refractivity contribution in [2.45, 2.75) is 36.3 Å². The van der Waals surface area contributed by atoms with Crippen LogP contribution in [0.15, 0.2) is 52.9 Å². The maximum absolute atomic E-state index is 12.4. The topological polar surface area (TPSA) is 92.2 Å². The zero-order chi connectivity index (χ0) is 21.0. The molecule has 150 valence electrons. The third-order valence-electron chi connectivity index (χ3n) is 4.21. The van der Waals surface area contributed by atoms with Gasteiger partial charge in [-0.15, -0.1) is 10.2 Å². The van der Waals surface area contributed by atoms with Crippen molar-refractivity contribution in [3.63, 3.8) is 0 Å². The number of carbonyl (C=O) groups excluding carboxylic acids is 1. The van der Waals surface area contributed by atoms with Gasteiger partial charge in [0, 0.05) is 5.75 Å². The first kappa shape index (κ1) is 21.0. The largest absolute Gasteiger partial charge is 0.478 e. The van der Waals surface area contributed by atoms with Gasteiger partial charge < -0.3 is 5.11 Å². The third kappa shape index (κ3) is 5.42. The highest BCUT2D eigenvalue weighted by atomic mass is 32.2. The molecule has 0 atom stereocenters. The van der Waals surface area contributed by atoms with Crippen LogP contribution >= 0.6 is 23.1 Å². The standard InChI is InChI=1S/C21H21N3O3S2/c1-21(2,3)14-10-8-13(9-11-14)12-28-20-24-23-19(29-20)22-17(25)15-6-4-5-7-16(15)18(26)27/h4-11H,12H2,1-3H3,(H,26,27)(H,22,23,25). The lowest BCUT2D eigenvalue weighted by molar-refractivity contribution is 0.0692. The number of aromatic nitrogens is 2. The summed E-state index contributed by atoms with van der Waals surface area (Å²) in [4.78, 5) is 23.7. The van der Waals surface area contributed by atoms with Crippen molar-refractivity contribution in [1.29, 1.82) is 0 Å². The van der Waals surface area contributed by atoms with Crippen LogP contribution < -0.4 is 5.32 Å². The van der Waals surface area contributed by atoms with E-state index < -0.39 is 11.9 Å². The molecule has 29 heavy (non-hydrogen) atoms. The molecule has 0 unspecified atom stereocenters. The molecular formula is C21H21N3O3S2. The molecule has 1 aromatic heterocycles. The van der Waals surface area contributed by atoms with Crippen molar-refractivity contribution in [2.75, 3.05) is 5.32 Å². The van der Waals surface area contributed by atoms with Gasteiger partial charge in [-0.1, -0.05) is 80.3 Å². The molecule has 2 aromatic carbocycles. The third-order valence-corrected chi connectivity index (χ3v) is 6.25. The van der Waals surface area contributed by atoms with Crippen molar-refractivity contribution >= 4 is 40.1 Å². The van der Waals surface area contributed by atoms with Crippen molar-refractivity contribution in [1.82, 2.24) is 10.2 Å². The predicted molar refractivity (Wildman–Crippen MR) is 116 cm³/mol. The van der Waals surface area contributed by atoms with Crippen LogP contribution in [0.4, 0.5) is 5.13 Å². The zero-order valence-corrected chi connectivity index (χ0v) is 17.9. The Balaban J connectivity index is 1.61. The maximum atomic E-state index is 12.4. The van der Waals surface area contributed by atoms with E-state index in [1.165, 1.54) is 46.4 Å². The lowest BCUT2D eigenvalue weighted by atomic mass is 9.87. The van der Waals surface area contributed by atoms with E-state index in [0.717, 1.165) is 10.1 Å². The Labute approximate surface area is 177 Å². The lowest BCUT2D eigenvalue weighted by Crippen LogP contribution is -2.16. The molecule has 8 heteroatoms. The highest BCUT2D eigenvalue weighted by molar-refractivity contribution is 8.00. The fourth-order valence-electron chi connectivity index (χ4n) is 2.60. The van der Waals surface area contributed by atoms with Gasteiger partial charge >= 0.3 is 5.97 Å². The molecule has 0 radical (unpaired) electrons. The number of anilines is 1. The molecular weight excluding hydrogens is 406 g/mol. The first-order chi connectivity index (χ1) is 13.7. The minimum absolute atomic E-state index is 0.0529. The Morgan fingerprint density at radius 3 is 2.31 bits per heavy atom. The second kappa shape index (κ2) is 8.75. The smallest absolute Gasteiger partial charge is 0.336 e. The molecule has 0 aliphatic carbocycles. The molecule has 0 saturated heterocycles. The second-order valence-electron chi connectivity index (χ2n) is 7.41. The van der Waals surface area contributed by atoms with Gasteiger partial charge in [0.15, 0.2) is 4.34 Å². The maximum Gasteiger partial charge on any atom is 0.336 e. The van der Waals surface area contributed by atoms with E-state index in [-0.39, 0.29) is 16.5 Å². The summed E-state index contributed by atoms with van der Waals surface area (Å²) >= 11 is 2.80. The van der Waals surface area contributed by atoms with Crippen LogP contribution in [0.5, 0.6) is 0 Å². The highest BCUT2D eigenvalue weighted by Crippen LogP contribution is 2.29. The number of rotatable bonds is 6. The number of benzene rings is 2. The van der Waals surface area contributed by atoms with E-state index >= 15 is 0 Å². The van der Waals surface area contributed by atoms with Crippen LogP contribution in [0, 0.1) is 0 Å². The number of hydrogen-bond donors (Lipinski definition) is 2. The first-order valence-electron chi connectivity index (χ1n) is 8.93. The van der Waals surface area contributed by atoms with Gasteiger partial charge in [0.2, 0.25) is 5.13 Å². The molecule has 0 saturated carbocycles. The van der Waals surface area contributed by atoms with Gasteiger partial charge in [0.25, 0.3) is 5.91 Å². The summed E-state index contributed by atoms with van der Waals surface area (Å²) in [6.07, 6.45) is 0. The number of thioether (sulfide) groups is 1. The van der Waals surface area contributed by atoms with Crippen molar-refractivity contribution in [3.05, 3.63) is 70.8 Å². The fourth-order valence-corrected chi connectivity index (χ4v) is 4.30. The van der Waals surface area contributed by atoms with Crippen LogP contribution in [0.3, 0.4) is 0 Å². The SMILES string of the molecule is CC(C)(C)c1ccc(CSc2nnc(NC(=O)c3ccccc3C(=O)O)s2)cc1. The monoisotopic (exact) mass is 427 g/mol. The molecule has 3 rings (SSSR count). The summed E-state index contributed by atoms with van der Waals surface area (Å²) in [6, 6.07) is 14.6. The number of aromatic carboxylic acids is 1. The van der Waals surface area contributed by atoms with Crippen molar-refractivity contribution < 1.29 is 14.7 Å². The van der Waals surface area contributed by atoms with E-state index in [0.29, 0.717) is 5.13 Å². The normalized spacial score (nSPS) is 11.3. The molecule has 3 aromatic rings.